The molecule has 0 aliphatic heterocycles. The SMILES string of the molecule is NC(=O)c1cnccc1-c1cccnc1C(F)(F)F. The lowest BCUT2D eigenvalue weighted by atomic mass is 10.00. The number of aromatic nitrogens is 2. The first-order valence-corrected chi connectivity index (χ1v) is 5.17. The summed E-state index contributed by atoms with van der Waals surface area (Å²) in [6.45, 7) is 0. The van der Waals surface area contributed by atoms with Gasteiger partial charge in [0.15, 0.2) is 5.69 Å². The molecule has 0 saturated carbocycles. The van der Waals surface area contributed by atoms with Gasteiger partial charge in [0.05, 0.1) is 5.56 Å². The van der Waals surface area contributed by atoms with E-state index in [1.807, 2.05) is 0 Å². The third-order valence-corrected chi connectivity index (χ3v) is 2.45. The molecule has 1 amide bonds. The lowest BCUT2D eigenvalue weighted by Crippen LogP contribution is -2.15. The predicted octanol–water partition coefficient (Wildman–Crippen LogP) is 2.26. The molecule has 19 heavy (non-hydrogen) atoms. The van der Waals surface area contributed by atoms with Crippen molar-refractivity contribution < 1.29 is 18.0 Å². The molecule has 0 radical (unpaired) electrons. The largest absolute Gasteiger partial charge is 0.433 e. The Labute approximate surface area is 106 Å². The standard InChI is InChI=1S/C12H8F3N3O/c13-12(14,15)10-8(2-1-4-18-10)7-3-5-17-6-9(7)11(16)19/h1-6H,(H2,16,19). The number of hydrogen-bond donors (Lipinski definition) is 1. The number of halogens is 3. The summed E-state index contributed by atoms with van der Waals surface area (Å²) in [4.78, 5) is 18.2. The second kappa shape index (κ2) is 4.68. The summed E-state index contributed by atoms with van der Waals surface area (Å²) in [5.41, 5.74) is 3.84. The molecule has 0 spiro atoms. The maximum atomic E-state index is 12.9. The van der Waals surface area contributed by atoms with Crippen LogP contribution in [0.25, 0.3) is 11.1 Å². The number of nitrogens with two attached hydrogens (primary N) is 1. The van der Waals surface area contributed by atoms with E-state index in [4.69, 9.17) is 5.73 Å². The molecule has 0 saturated heterocycles. The molecular formula is C12H8F3N3O. The van der Waals surface area contributed by atoms with Gasteiger partial charge in [0.2, 0.25) is 0 Å². The average molecular weight is 267 g/mol. The van der Waals surface area contributed by atoms with Gasteiger partial charge in [0.1, 0.15) is 0 Å². The summed E-state index contributed by atoms with van der Waals surface area (Å²) in [6.07, 6.45) is -1.16. The van der Waals surface area contributed by atoms with Crippen LogP contribution in [-0.2, 0) is 6.18 Å². The summed E-state index contributed by atoms with van der Waals surface area (Å²) < 4.78 is 38.6. The fourth-order valence-electron chi connectivity index (χ4n) is 1.67. The Hall–Kier alpha value is -2.44. The van der Waals surface area contributed by atoms with Crippen LogP contribution in [0.5, 0.6) is 0 Å². The first-order valence-electron chi connectivity index (χ1n) is 5.17. The number of rotatable bonds is 2. The maximum Gasteiger partial charge on any atom is 0.433 e. The van der Waals surface area contributed by atoms with Crippen molar-refractivity contribution in [2.45, 2.75) is 6.18 Å². The molecule has 4 nitrogen and oxygen atoms in total. The van der Waals surface area contributed by atoms with Crippen LogP contribution < -0.4 is 5.73 Å². The predicted molar refractivity (Wildman–Crippen MR) is 61.0 cm³/mol. The topological polar surface area (TPSA) is 68.9 Å². The Kier molecular flexibility index (Phi) is 3.20. The zero-order valence-corrected chi connectivity index (χ0v) is 9.48. The van der Waals surface area contributed by atoms with E-state index in [9.17, 15) is 18.0 Å². The molecule has 0 aromatic carbocycles. The van der Waals surface area contributed by atoms with Crippen molar-refractivity contribution in [3.8, 4) is 11.1 Å². The van der Waals surface area contributed by atoms with Crippen LogP contribution in [0.4, 0.5) is 13.2 Å². The number of carbonyl (C=O) groups is 1. The third-order valence-electron chi connectivity index (χ3n) is 2.45. The van der Waals surface area contributed by atoms with Crippen molar-refractivity contribution >= 4 is 5.91 Å². The number of pyridine rings is 2. The van der Waals surface area contributed by atoms with Crippen LogP contribution >= 0.6 is 0 Å². The van der Waals surface area contributed by atoms with Gasteiger partial charge >= 0.3 is 6.18 Å². The lowest BCUT2D eigenvalue weighted by Gasteiger charge is -2.13. The highest BCUT2D eigenvalue weighted by Gasteiger charge is 2.36. The number of alkyl halides is 3. The second-order valence-electron chi connectivity index (χ2n) is 3.68. The van der Waals surface area contributed by atoms with Crippen molar-refractivity contribution in [2.75, 3.05) is 0 Å². The van der Waals surface area contributed by atoms with Gasteiger partial charge in [-0.1, -0.05) is 6.07 Å². The van der Waals surface area contributed by atoms with Crippen molar-refractivity contribution in [2.24, 2.45) is 5.73 Å². The van der Waals surface area contributed by atoms with Gasteiger partial charge in [-0.15, -0.1) is 0 Å². The number of hydrogen-bond acceptors (Lipinski definition) is 3. The summed E-state index contributed by atoms with van der Waals surface area (Å²) in [5.74, 6) is -0.847. The van der Waals surface area contributed by atoms with E-state index >= 15 is 0 Å². The van der Waals surface area contributed by atoms with Crippen molar-refractivity contribution in [1.29, 1.82) is 0 Å². The van der Waals surface area contributed by atoms with E-state index in [1.165, 1.54) is 24.4 Å². The molecule has 0 bridgehead atoms. The molecule has 7 heteroatoms. The van der Waals surface area contributed by atoms with Crippen LogP contribution in [0.3, 0.4) is 0 Å². The van der Waals surface area contributed by atoms with E-state index in [1.54, 1.807) is 0 Å². The van der Waals surface area contributed by atoms with Crippen LogP contribution in [0.2, 0.25) is 0 Å². The zero-order valence-electron chi connectivity index (χ0n) is 9.48. The number of nitrogens with zero attached hydrogens (tertiary/aromatic N) is 2. The average Bonchev–Trinajstić information content (AvgIpc) is 2.37. The van der Waals surface area contributed by atoms with Gasteiger partial charge in [-0.3, -0.25) is 14.8 Å². The molecular weight excluding hydrogens is 259 g/mol. The summed E-state index contributed by atoms with van der Waals surface area (Å²) in [7, 11) is 0. The van der Waals surface area contributed by atoms with Crippen molar-refractivity contribution in [3.05, 3.63) is 48.0 Å². The molecule has 2 aromatic heterocycles. The van der Waals surface area contributed by atoms with E-state index < -0.39 is 17.8 Å². The molecule has 2 heterocycles. The summed E-state index contributed by atoms with van der Waals surface area (Å²) in [6, 6.07) is 3.89. The summed E-state index contributed by atoms with van der Waals surface area (Å²) >= 11 is 0. The monoisotopic (exact) mass is 267 g/mol. The highest BCUT2D eigenvalue weighted by Crippen LogP contribution is 2.36. The Bertz CT molecular complexity index is 626. The molecule has 0 unspecified atom stereocenters. The molecule has 98 valence electrons. The first-order chi connectivity index (χ1) is 8.91. The van der Waals surface area contributed by atoms with E-state index in [0.29, 0.717) is 0 Å². The van der Waals surface area contributed by atoms with Gasteiger partial charge in [0.25, 0.3) is 5.91 Å². The Balaban J connectivity index is 2.70. The highest BCUT2D eigenvalue weighted by atomic mass is 19.4. The van der Waals surface area contributed by atoms with Crippen LogP contribution in [0.1, 0.15) is 16.1 Å². The quantitative estimate of drug-likeness (QED) is 0.907. The maximum absolute atomic E-state index is 12.9. The molecule has 2 aromatic rings. The summed E-state index contributed by atoms with van der Waals surface area (Å²) in [5, 5.41) is 0. The molecule has 0 fully saturated rings. The van der Waals surface area contributed by atoms with E-state index in [-0.39, 0.29) is 16.7 Å². The molecule has 0 atom stereocenters. The van der Waals surface area contributed by atoms with E-state index in [0.717, 1.165) is 12.4 Å². The number of amides is 1. The fourth-order valence-corrected chi connectivity index (χ4v) is 1.67. The fraction of sp³-hybridized carbons (Fsp3) is 0.0833. The van der Waals surface area contributed by atoms with Gasteiger partial charge in [0, 0.05) is 24.2 Å². The second-order valence-corrected chi connectivity index (χ2v) is 3.68. The third kappa shape index (κ3) is 2.54. The van der Waals surface area contributed by atoms with Crippen molar-refractivity contribution in [3.63, 3.8) is 0 Å². The van der Waals surface area contributed by atoms with Gasteiger partial charge in [-0.05, 0) is 17.7 Å². The normalized spacial score (nSPS) is 11.3. The highest BCUT2D eigenvalue weighted by molar-refractivity contribution is 5.99. The molecule has 2 N–H and O–H groups in total. The lowest BCUT2D eigenvalue weighted by molar-refractivity contribution is -0.140. The van der Waals surface area contributed by atoms with Crippen LogP contribution in [-0.4, -0.2) is 15.9 Å². The molecule has 0 aliphatic rings. The van der Waals surface area contributed by atoms with Crippen molar-refractivity contribution in [1.82, 2.24) is 9.97 Å². The van der Waals surface area contributed by atoms with Gasteiger partial charge in [-0.2, -0.15) is 13.2 Å². The molecule has 0 aliphatic carbocycles. The number of primary amides is 1. The smallest absolute Gasteiger partial charge is 0.366 e. The minimum absolute atomic E-state index is 0.0583. The van der Waals surface area contributed by atoms with Gasteiger partial charge < -0.3 is 5.73 Å². The van der Waals surface area contributed by atoms with Crippen LogP contribution in [0.15, 0.2) is 36.8 Å². The Morgan fingerprint density at radius 1 is 1.16 bits per heavy atom. The van der Waals surface area contributed by atoms with E-state index in [2.05, 4.69) is 9.97 Å². The first kappa shape index (κ1) is 13.0. The van der Waals surface area contributed by atoms with Crippen LogP contribution in [0, 0.1) is 0 Å². The minimum atomic E-state index is -4.62. The minimum Gasteiger partial charge on any atom is -0.366 e. The Morgan fingerprint density at radius 3 is 2.53 bits per heavy atom. The van der Waals surface area contributed by atoms with Gasteiger partial charge in [-0.25, -0.2) is 0 Å². The Morgan fingerprint density at radius 2 is 1.89 bits per heavy atom. The zero-order chi connectivity index (χ0) is 14.0. The molecule has 2 rings (SSSR count). The number of carbonyl (C=O) groups excluding carboxylic acids is 1.